The first-order valence-corrected chi connectivity index (χ1v) is 5.61. The Kier molecular flexibility index (Phi) is 2.93. The fraction of sp³-hybridized carbons (Fsp3) is 0.462. The molecule has 1 heterocycles. The maximum atomic E-state index is 11.3. The third-order valence-corrected chi connectivity index (χ3v) is 3.63. The molecule has 0 amide bonds. The summed E-state index contributed by atoms with van der Waals surface area (Å²) in [7, 11) is 0. The lowest BCUT2D eigenvalue weighted by Gasteiger charge is -2.42. The Labute approximate surface area is 100 Å². The van der Waals surface area contributed by atoms with Gasteiger partial charge in [-0.2, -0.15) is 0 Å². The molecule has 1 aromatic rings. The molecule has 4 heteroatoms. The van der Waals surface area contributed by atoms with E-state index in [0.717, 1.165) is 11.1 Å². The van der Waals surface area contributed by atoms with Crippen LogP contribution in [-0.4, -0.2) is 24.3 Å². The average Bonchev–Trinajstić information content (AvgIpc) is 2.19. The van der Waals surface area contributed by atoms with Crippen molar-refractivity contribution in [3.63, 3.8) is 0 Å². The second-order valence-corrected chi connectivity index (χ2v) is 4.78. The van der Waals surface area contributed by atoms with Crippen LogP contribution in [0.5, 0.6) is 0 Å². The van der Waals surface area contributed by atoms with Crippen LogP contribution < -0.4 is 5.73 Å². The van der Waals surface area contributed by atoms with Crippen LogP contribution in [0.2, 0.25) is 0 Å². The molecule has 17 heavy (non-hydrogen) atoms. The Hall–Kier alpha value is -1.39. The van der Waals surface area contributed by atoms with Gasteiger partial charge in [0.2, 0.25) is 0 Å². The minimum Gasteiger partial charge on any atom is -0.481 e. The number of benzene rings is 1. The zero-order valence-electron chi connectivity index (χ0n) is 10.1. The van der Waals surface area contributed by atoms with Gasteiger partial charge in [-0.25, -0.2) is 0 Å². The molecule has 0 aromatic heterocycles. The van der Waals surface area contributed by atoms with Crippen LogP contribution in [-0.2, 0) is 9.53 Å². The Balaban J connectivity index is 2.33. The maximum absolute atomic E-state index is 11.3. The topological polar surface area (TPSA) is 72.6 Å². The van der Waals surface area contributed by atoms with Gasteiger partial charge in [0.15, 0.2) is 0 Å². The monoisotopic (exact) mass is 235 g/mol. The molecule has 1 atom stereocenters. The van der Waals surface area contributed by atoms with Crippen molar-refractivity contribution in [3.8, 4) is 0 Å². The van der Waals surface area contributed by atoms with Gasteiger partial charge < -0.3 is 15.6 Å². The molecular formula is C13H17NO3. The largest absolute Gasteiger partial charge is 0.481 e. The Bertz CT molecular complexity index is 452. The molecule has 1 fully saturated rings. The van der Waals surface area contributed by atoms with E-state index in [1.54, 1.807) is 0 Å². The number of nitrogens with two attached hydrogens (primary N) is 1. The van der Waals surface area contributed by atoms with Crippen molar-refractivity contribution < 1.29 is 14.6 Å². The summed E-state index contributed by atoms with van der Waals surface area (Å²) in [6, 6.07) is 5.31. The highest BCUT2D eigenvalue weighted by Crippen LogP contribution is 2.39. The predicted molar refractivity (Wildman–Crippen MR) is 63.7 cm³/mol. The van der Waals surface area contributed by atoms with Gasteiger partial charge in [0.25, 0.3) is 0 Å². The molecule has 0 saturated carbocycles. The standard InChI is InChI=1S/C13H17NO3/c1-8-3-4-10(5-9(8)2)11(14)13(12(15)16)6-17-7-13/h3-5,11H,6-7,14H2,1-2H3,(H,15,16). The molecule has 92 valence electrons. The van der Waals surface area contributed by atoms with Crippen molar-refractivity contribution in [2.45, 2.75) is 19.9 Å². The molecule has 3 N–H and O–H groups in total. The zero-order valence-corrected chi connectivity index (χ0v) is 10.1. The highest BCUT2D eigenvalue weighted by atomic mass is 16.5. The van der Waals surface area contributed by atoms with Crippen molar-refractivity contribution in [2.24, 2.45) is 11.1 Å². The van der Waals surface area contributed by atoms with Crippen LogP contribution >= 0.6 is 0 Å². The van der Waals surface area contributed by atoms with Crippen LogP contribution in [0, 0.1) is 19.3 Å². The van der Waals surface area contributed by atoms with E-state index in [0.29, 0.717) is 0 Å². The predicted octanol–water partition coefficient (Wildman–Crippen LogP) is 1.40. The highest BCUT2D eigenvalue weighted by Gasteiger charge is 2.51. The fourth-order valence-electron chi connectivity index (χ4n) is 2.04. The van der Waals surface area contributed by atoms with E-state index in [2.05, 4.69) is 0 Å². The summed E-state index contributed by atoms with van der Waals surface area (Å²) in [5.74, 6) is -0.880. The van der Waals surface area contributed by atoms with Gasteiger partial charge >= 0.3 is 5.97 Å². The van der Waals surface area contributed by atoms with Gasteiger partial charge in [-0.05, 0) is 30.5 Å². The molecule has 0 aliphatic carbocycles. The molecule has 1 aromatic carbocycles. The second-order valence-electron chi connectivity index (χ2n) is 4.78. The van der Waals surface area contributed by atoms with E-state index in [9.17, 15) is 9.90 Å². The highest BCUT2D eigenvalue weighted by molar-refractivity contribution is 5.77. The summed E-state index contributed by atoms with van der Waals surface area (Å²) >= 11 is 0. The number of carbonyl (C=O) groups is 1. The van der Waals surface area contributed by atoms with Gasteiger partial charge in [0, 0.05) is 0 Å². The van der Waals surface area contributed by atoms with Crippen molar-refractivity contribution >= 4 is 5.97 Å². The number of hydrogen-bond donors (Lipinski definition) is 2. The summed E-state index contributed by atoms with van der Waals surface area (Å²) in [6.07, 6.45) is 0. The number of aryl methyl sites for hydroxylation is 2. The minimum absolute atomic E-state index is 0.191. The van der Waals surface area contributed by atoms with Crippen molar-refractivity contribution in [3.05, 3.63) is 34.9 Å². The molecule has 0 spiro atoms. The normalized spacial score (nSPS) is 19.5. The smallest absolute Gasteiger partial charge is 0.316 e. The maximum Gasteiger partial charge on any atom is 0.316 e. The van der Waals surface area contributed by atoms with Crippen LogP contribution in [0.15, 0.2) is 18.2 Å². The van der Waals surface area contributed by atoms with E-state index < -0.39 is 17.4 Å². The number of carboxylic acid groups (broad SMARTS) is 1. The first kappa shape index (κ1) is 12.1. The number of hydrogen-bond acceptors (Lipinski definition) is 3. The van der Waals surface area contributed by atoms with Crippen LogP contribution in [0.25, 0.3) is 0 Å². The summed E-state index contributed by atoms with van der Waals surface area (Å²) in [6.45, 7) is 4.40. The summed E-state index contributed by atoms with van der Waals surface area (Å²) in [5, 5.41) is 9.28. The summed E-state index contributed by atoms with van der Waals surface area (Å²) < 4.78 is 5.04. The lowest BCUT2D eigenvalue weighted by Crippen LogP contribution is -2.55. The SMILES string of the molecule is Cc1ccc(C(N)C2(C(=O)O)COC2)cc1C. The van der Waals surface area contributed by atoms with E-state index >= 15 is 0 Å². The first-order chi connectivity index (χ1) is 7.97. The molecule has 4 nitrogen and oxygen atoms in total. The van der Waals surface area contributed by atoms with Crippen molar-refractivity contribution in [2.75, 3.05) is 13.2 Å². The molecule has 1 aliphatic heterocycles. The number of aliphatic carboxylic acids is 1. The van der Waals surface area contributed by atoms with Gasteiger partial charge in [-0.15, -0.1) is 0 Å². The summed E-state index contributed by atoms with van der Waals surface area (Å²) in [5.41, 5.74) is 8.30. The van der Waals surface area contributed by atoms with Crippen molar-refractivity contribution in [1.29, 1.82) is 0 Å². The lowest BCUT2D eigenvalue weighted by atomic mass is 9.75. The molecule has 1 saturated heterocycles. The third kappa shape index (κ3) is 1.83. The Morgan fingerprint density at radius 2 is 2.06 bits per heavy atom. The van der Waals surface area contributed by atoms with Crippen molar-refractivity contribution in [1.82, 2.24) is 0 Å². The molecule has 0 bridgehead atoms. The van der Waals surface area contributed by atoms with Gasteiger partial charge in [-0.3, -0.25) is 4.79 Å². The average molecular weight is 235 g/mol. The Morgan fingerprint density at radius 1 is 1.41 bits per heavy atom. The van der Waals surface area contributed by atoms with E-state index in [1.807, 2.05) is 32.0 Å². The number of carboxylic acids is 1. The zero-order chi connectivity index (χ0) is 12.6. The third-order valence-electron chi connectivity index (χ3n) is 3.63. The van der Waals surface area contributed by atoms with Crippen LogP contribution in [0.1, 0.15) is 22.7 Å². The minimum atomic E-state index is -0.957. The molecule has 0 radical (unpaired) electrons. The number of rotatable bonds is 3. The van der Waals surface area contributed by atoms with E-state index in [-0.39, 0.29) is 13.2 Å². The lowest BCUT2D eigenvalue weighted by molar-refractivity contribution is -0.184. The van der Waals surface area contributed by atoms with Gasteiger partial charge in [0.05, 0.1) is 19.3 Å². The van der Waals surface area contributed by atoms with E-state index in [1.165, 1.54) is 5.56 Å². The molecule has 1 unspecified atom stereocenters. The van der Waals surface area contributed by atoms with Gasteiger partial charge in [0.1, 0.15) is 5.41 Å². The van der Waals surface area contributed by atoms with E-state index in [4.69, 9.17) is 10.5 Å². The first-order valence-electron chi connectivity index (χ1n) is 5.61. The number of ether oxygens (including phenoxy) is 1. The second kappa shape index (κ2) is 4.13. The summed E-state index contributed by atoms with van der Waals surface area (Å²) in [4.78, 5) is 11.3. The molecule has 2 rings (SSSR count). The quantitative estimate of drug-likeness (QED) is 0.830. The van der Waals surface area contributed by atoms with Crippen LogP contribution in [0.4, 0.5) is 0 Å². The van der Waals surface area contributed by atoms with Crippen LogP contribution in [0.3, 0.4) is 0 Å². The molecule has 1 aliphatic rings. The molecular weight excluding hydrogens is 218 g/mol. The van der Waals surface area contributed by atoms with Gasteiger partial charge in [-0.1, -0.05) is 18.2 Å². The fourth-order valence-corrected chi connectivity index (χ4v) is 2.04. The Morgan fingerprint density at radius 3 is 2.47 bits per heavy atom.